The van der Waals surface area contributed by atoms with E-state index in [1.807, 2.05) is 71.8 Å². The molecular formula is C30H31N5O2. The Labute approximate surface area is 216 Å². The zero-order valence-electron chi connectivity index (χ0n) is 21.3. The summed E-state index contributed by atoms with van der Waals surface area (Å²) in [7, 11) is 0. The van der Waals surface area contributed by atoms with Gasteiger partial charge in [-0.1, -0.05) is 43.3 Å². The lowest BCUT2D eigenvalue weighted by Gasteiger charge is -2.61. The Morgan fingerprint density at radius 3 is 2.38 bits per heavy atom. The van der Waals surface area contributed by atoms with Crippen molar-refractivity contribution in [3.05, 3.63) is 101 Å². The molecule has 0 unspecified atom stereocenters. The third-order valence-corrected chi connectivity index (χ3v) is 7.56. The lowest BCUT2D eigenvalue weighted by atomic mass is 9.72. The van der Waals surface area contributed by atoms with Crippen molar-refractivity contribution < 1.29 is 9.59 Å². The normalized spacial score (nSPS) is 15.9. The first kappa shape index (κ1) is 23.3. The predicted octanol–water partition coefficient (Wildman–Crippen LogP) is 4.10. The number of rotatable bonds is 6. The van der Waals surface area contributed by atoms with Crippen LogP contribution in [0.3, 0.4) is 0 Å². The average Bonchev–Trinajstić information content (AvgIpc) is 3.24. The van der Waals surface area contributed by atoms with Gasteiger partial charge in [0, 0.05) is 55.6 Å². The molecule has 2 aromatic heterocycles. The van der Waals surface area contributed by atoms with Gasteiger partial charge < -0.3 is 15.1 Å². The van der Waals surface area contributed by atoms with E-state index < -0.39 is 0 Å². The van der Waals surface area contributed by atoms with Gasteiger partial charge in [-0.15, -0.1) is 0 Å². The van der Waals surface area contributed by atoms with Crippen LogP contribution >= 0.6 is 0 Å². The van der Waals surface area contributed by atoms with Gasteiger partial charge in [0.25, 0.3) is 11.8 Å². The minimum absolute atomic E-state index is 0.108. The molecule has 7 nitrogen and oxygen atoms in total. The first-order chi connectivity index (χ1) is 17.9. The van der Waals surface area contributed by atoms with Gasteiger partial charge in [0.1, 0.15) is 11.3 Å². The maximum Gasteiger partial charge on any atom is 0.270 e. The number of carbonyl (C=O) groups is 2. The number of aromatic nitrogens is 2. The highest BCUT2D eigenvalue weighted by atomic mass is 16.2. The molecule has 4 aromatic rings. The zero-order chi connectivity index (χ0) is 25.6. The fraction of sp³-hybridized carbons (Fsp3) is 0.300. The summed E-state index contributed by atoms with van der Waals surface area (Å²) in [5.74, 6) is 0.0180. The molecule has 0 aliphatic carbocycles. The van der Waals surface area contributed by atoms with Crippen LogP contribution < -0.4 is 10.2 Å². The number of fused-ring (bicyclic) bond motifs is 1. The zero-order valence-corrected chi connectivity index (χ0v) is 21.3. The molecule has 2 saturated heterocycles. The minimum atomic E-state index is -0.108. The number of amides is 2. The third-order valence-electron chi connectivity index (χ3n) is 7.56. The highest BCUT2D eigenvalue weighted by molar-refractivity contribution is 5.95. The number of hydrogen-bond acceptors (Lipinski definition) is 4. The lowest BCUT2D eigenvalue weighted by Crippen LogP contribution is -2.73. The summed E-state index contributed by atoms with van der Waals surface area (Å²) in [6.07, 6.45) is 2.66. The topological polar surface area (TPSA) is 70.0 Å². The highest BCUT2D eigenvalue weighted by Gasteiger charge is 2.53. The van der Waals surface area contributed by atoms with Crippen LogP contribution in [0.2, 0.25) is 0 Å². The van der Waals surface area contributed by atoms with Crippen LogP contribution in [0.15, 0.2) is 72.9 Å². The van der Waals surface area contributed by atoms with Crippen molar-refractivity contribution >= 4 is 23.1 Å². The molecule has 2 aliphatic heterocycles. The second-order valence-corrected chi connectivity index (χ2v) is 10.4. The van der Waals surface area contributed by atoms with Crippen LogP contribution in [-0.2, 0) is 13.0 Å². The molecular weight excluding hydrogens is 462 g/mol. The molecule has 2 aromatic carbocycles. The van der Waals surface area contributed by atoms with Crippen molar-refractivity contribution in [2.75, 3.05) is 31.1 Å². The van der Waals surface area contributed by atoms with Crippen molar-refractivity contribution in [3.63, 3.8) is 0 Å². The van der Waals surface area contributed by atoms with E-state index in [9.17, 15) is 9.59 Å². The van der Waals surface area contributed by atoms with E-state index in [1.165, 1.54) is 5.69 Å². The summed E-state index contributed by atoms with van der Waals surface area (Å²) in [6, 6.07) is 21.9. The molecule has 0 atom stereocenters. The number of anilines is 1. The van der Waals surface area contributed by atoms with Crippen LogP contribution in [0.1, 0.15) is 44.6 Å². The summed E-state index contributed by atoms with van der Waals surface area (Å²) in [5, 5.41) is 3.07. The molecule has 37 heavy (non-hydrogen) atoms. The van der Waals surface area contributed by atoms with E-state index in [0.29, 0.717) is 18.7 Å². The molecule has 188 valence electrons. The fourth-order valence-corrected chi connectivity index (χ4v) is 5.59. The number of carbonyl (C=O) groups excluding carboxylic acids is 2. The van der Waals surface area contributed by atoms with Crippen LogP contribution in [0, 0.1) is 12.3 Å². The predicted molar refractivity (Wildman–Crippen MR) is 144 cm³/mol. The Bertz CT molecular complexity index is 1460. The second kappa shape index (κ2) is 9.07. The number of likely N-dealkylation sites (tertiary alicyclic amines) is 1. The Kier molecular flexibility index (Phi) is 5.71. The van der Waals surface area contributed by atoms with Gasteiger partial charge in [-0.05, 0) is 54.8 Å². The molecule has 6 rings (SSSR count). The Morgan fingerprint density at radius 1 is 0.946 bits per heavy atom. The van der Waals surface area contributed by atoms with Crippen LogP contribution in [0.4, 0.5) is 5.69 Å². The van der Waals surface area contributed by atoms with Gasteiger partial charge >= 0.3 is 0 Å². The highest BCUT2D eigenvalue weighted by Crippen LogP contribution is 2.42. The molecule has 7 heteroatoms. The Balaban J connectivity index is 1.03. The number of benzene rings is 2. The van der Waals surface area contributed by atoms with Crippen molar-refractivity contribution in [2.24, 2.45) is 5.41 Å². The second-order valence-electron chi connectivity index (χ2n) is 10.4. The summed E-state index contributed by atoms with van der Waals surface area (Å²) in [4.78, 5) is 34.6. The molecule has 0 saturated carbocycles. The fourth-order valence-electron chi connectivity index (χ4n) is 5.59. The lowest BCUT2D eigenvalue weighted by molar-refractivity contribution is -0.0104. The largest absolute Gasteiger partial charge is 0.370 e. The van der Waals surface area contributed by atoms with E-state index in [4.69, 9.17) is 0 Å². The van der Waals surface area contributed by atoms with Gasteiger partial charge in [-0.2, -0.15) is 0 Å². The molecule has 2 amide bonds. The Morgan fingerprint density at radius 2 is 1.68 bits per heavy atom. The number of pyridine rings is 1. The van der Waals surface area contributed by atoms with Gasteiger partial charge in [-0.25, -0.2) is 4.98 Å². The SMILES string of the molecule is CCc1nc2ccc(C)cn2c1C(=O)NCc1ccc(N2CC3(CN(C(=O)c4ccccc4)C3)C2)cc1. The number of aryl methyl sites for hydroxylation is 2. The molecule has 1 spiro atoms. The smallest absolute Gasteiger partial charge is 0.270 e. The molecule has 0 bridgehead atoms. The number of nitrogens with one attached hydrogen (secondary N) is 1. The van der Waals surface area contributed by atoms with Crippen LogP contribution in [-0.4, -0.2) is 52.3 Å². The number of imidazole rings is 1. The van der Waals surface area contributed by atoms with Gasteiger partial charge in [0.05, 0.1) is 5.69 Å². The van der Waals surface area contributed by atoms with E-state index >= 15 is 0 Å². The Hall–Kier alpha value is -4.13. The summed E-state index contributed by atoms with van der Waals surface area (Å²) in [6.45, 7) is 8.08. The van der Waals surface area contributed by atoms with Gasteiger partial charge in [0.2, 0.25) is 0 Å². The average molecular weight is 494 g/mol. The first-order valence-corrected chi connectivity index (χ1v) is 12.9. The first-order valence-electron chi connectivity index (χ1n) is 12.9. The summed E-state index contributed by atoms with van der Waals surface area (Å²) >= 11 is 0. The quantitative estimate of drug-likeness (QED) is 0.439. The maximum atomic E-state index is 13.1. The molecule has 2 aliphatic rings. The molecule has 0 radical (unpaired) electrons. The summed E-state index contributed by atoms with van der Waals surface area (Å²) < 4.78 is 1.89. The van der Waals surface area contributed by atoms with Crippen molar-refractivity contribution in [1.29, 1.82) is 0 Å². The molecule has 2 fully saturated rings. The standard InChI is InChI=1S/C30H31N5O2/c1-3-25-27(35-16-21(2)9-14-26(35)32-25)28(36)31-15-22-10-12-24(13-11-22)33-17-30(18-33)19-34(20-30)29(37)23-7-5-4-6-8-23/h4-14,16H,3,15,17-20H2,1-2H3,(H,31,36). The van der Waals surface area contributed by atoms with E-state index in [2.05, 4.69) is 39.5 Å². The minimum Gasteiger partial charge on any atom is -0.370 e. The van der Waals surface area contributed by atoms with E-state index in [1.54, 1.807) is 0 Å². The van der Waals surface area contributed by atoms with Crippen LogP contribution in [0.25, 0.3) is 5.65 Å². The van der Waals surface area contributed by atoms with Crippen molar-refractivity contribution in [3.8, 4) is 0 Å². The third kappa shape index (κ3) is 4.24. The maximum absolute atomic E-state index is 13.1. The molecule has 1 N–H and O–H groups in total. The van der Waals surface area contributed by atoms with Gasteiger partial charge in [-0.3, -0.25) is 14.0 Å². The van der Waals surface area contributed by atoms with Crippen molar-refractivity contribution in [2.45, 2.75) is 26.8 Å². The van der Waals surface area contributed by atoms with Crippen molar-refractivity contribution in [1.82, 2.24) is 19.6 Å². The monoisotopic (exact) mass is 493 g/mol. The van der Waals surface area contributed by atoms with Crippen LogP contribution in [0.5, 0.6) is 0 Å². The van der Waals surface area contributed by atoms with E-state index in [-0.39, 0.29) is 17.2 Å². The van der Waals surface area contributed by atoms with Gasteiger partial charge in [0.15, 0.2) is 0 Å². The molecule has 4 heterocycles. The number of hydrogen-bond donors (Lipinski definition) is 1. The summed E-state index contributed by atoms with van der Waals surface area (Å²) in [5.41, 5.74) is 6.52. The van der Waals surface area contributed by atoms with E-state index in [0.717, 1.165) is 54.2 Å². The number of nitrogens with zero attached hydrogens (tertiary/aromatic N) is 4.